The molecule has 3 aromatic rings. The zero-order valence-corrected chi connectivity index (χ0v) is 23.9. The van der Waals surface area contributed by atoms with Gasteiger partial charge in [-0.3, -0.25) is 4.79 Å². The van der Waals surface area contributed by atoms with Gasteiger partial charge in [-0.05, 0) is 74.4 Å². The summed E-state index contributed by atoms with van der Waals surface area (Å²) in [6.45, 7) is 4.70. The lowest BCUT2D eigenvalue weighted by molar-refractivity contribution is -0.0603. The maximum Gasteiger partial charge on any atom is 0.255 e. The molecule has 0 aliphatic carbocycles. The average molecular weight is 589 g/mol. The first-order chi connectivity index (χ1) is 18.8. The first kappa shape index (κ1) is 29.7. The molecule has 1 heterocycles. The van der Waals surface area contributed by atoms with E-state index in [9.17, 15) is 26.7 Å². The van der Waals surface area contributed by atoms with E-state index in [0.29, 0.717) is 5.75 Å². The van der Waals surface area contributed by atoms with Crippen molar-refractivity contribution in [3.8, 4) is 5.75 Å². The zero-order chi connectivity index (χ0) is 29.3. The Kier molecular flexibility index (Phi) is 8.38. The highest BCUT2D eigenvalue weighted by Gasteiger charge is 2.45. The molecule has 1 aliphatic rings. The number of carbonyl (C=O) groups excluding carboxylic acids is 1. The van der Waals surface area contributed by atoms with E-state index in [1.807, 2.05) is 6.92 Å². The second-order valence-corrected chi connectivity index (χ2v) is 13.8. The van der Waals surface area contributed by atoms with Gasteiger partial charge in [0.05, 0.1) is 28.2 Å². The molecule has 3 aromatic carbocycles. The number of hydrogen-bond donors (Lipinski definition) is 4. The fourth-order valence-electron chi connectivity index (χ4n) is 4.42. The van der Waals surface area contributed by atoms with E-state index < -0.39 is 55.9 Å². The van der Waals surface area contributed by atoms with Gasteiger partial charge < -0.3 is 20.3 Å². The predicted octanol–water partition coefficient (Wildman–Crippen LogP) is 2.82. The van der Waals surface area contributed by atoms with Gasteiger partial charge in [-0.1, -0.05) is 25.1 Å². The van der Waals surface area contributed by atoms with E-state index >= 15 is 0 Å². The summed E-state index contributed by atoms with van der Waals surface area (Å²) in [4.78, 5) is 13.1. The molecule has 0 aromatic heterocycles. The second-order valence-electron chi connectivity index (χ2n) is 10.0. The highest BCUT2D eigenvalue weighted by atomic mass is 32.2. The van der Waals surface area contributed by atoms with Crippen molar-refractivity contribution in [3.63, 3.8) is 0 Å². The third-order valence-electron chi connectivity index (χ3n) is 6.74. The number of sulfonamides is 1. The number of amides is 1. The van der Waals surface area contributed by atoms with Crippen LogP contribution in [0.1, 0.15) is 48.3 Å². The van der Waals surface area contributed by atoms with Crippen molar-refractivity contribution >= 4 is 31.5 Å². The number of fused-ring (bicyclic) bond motifs is 1. The summed E-state index contributed by atoms with van der Waals surface area (Å²) >= 11 is 0. The molecule has 0 bridgehead atoms. The molecule has 0 unspecified atom stereocenters. The number of aliphatic hydroxyl groups excluding tert-OH is 2. The lowest BCUT2D eigenvalue weighted by atomic mass is 9.86. The zero-order valence-electron chi connectivity index (χ0n) is 22.3. The lowest BCUT2D eigenvalue weighted by Crippen LogP contribution is -2.53. The number of ether oxygens (including phenoxy) is 1. The summed E-state index contributed by atoms with van der Waals surface area (Å²) < 4.78 is 59.7. The Morgan fingerprint density at radius 3 is 2.33 bits per heavy atom. The first-order valence-electron chi connectivity index (χ1n) is 12.6. The van der Waals surface area contributed by atoms with Gasteiger partial charge in [0.2, 0.25) is 10.0 Å². The Balaban J connectivity index is 1.65. The Morgan fingerprint density at radius 2 is 1.68 bits per heavy atom. The topological polar surface area (TPSA) is 159 Å². The van der Waals surface area contributed by atoms with E-state index in [-0.39, 0.29) is 26.6 Å². The fraction of sp³-hybridized carbons (Fsp3) is 0.321. The quantitative estimate of drug-likeness (QED) is 0.297. The van der Waals surface area contributed by atoms with Crippen LogP contribution in [0, 0.1) is 0 Å². The normalized spacial score (nSPS) is 18.4. The SMILES string of the molecule is CCc1ccc(S(=O)(=O)N[C@@H]2c3cc(C(=O)Nc4cccc(S(=O)(=O)CCO)c4)ccc3OC(C)(C)[C@H]2O)cc1. The molecule has 4 N–H and O–H groups in total. The molecule has 0 radical (unpaired) electrons. The third-order valence-corrected chi connectivity index (χ3v) is 9.89. The molecule has 10 nitrogen and oxygen atoms in total. The third kappa shape index (κ3) is 6.21. The van der Waals surface area contributed by atoms with Crippen molar-refractivity contribution in [1.29, 1.82) is 0 Å². The highest BCUT2D eigenvalue weighted by Crippen LogP contribution is 2.41. The van der Waals surface area contributed by atoms with Crippen LogP contribution >= 0.6 is 0 Å². The molecule has 12 heteroatoms. The number of sulfone groups is 1. The van der Waals surface area contributed by atoms with Crippen LogP contribution < -0.4 is 14.8 Å². The summed E-state index contributed by atoms with van der Waals surface area (Å²) in [5.74, 6) is -0.734. The molecule has 0 spiro atoms. The van der Waals surface area contributed by atoms with Crippen LogP contribution in [-0.4, -0.2) is 57.0 Å². The largest absolute Gasteiger partial charge is 0.485 e. The molecule has 1 amide bonds. The average Bonchev–Trinajstić information content (AvgIpc) is 2.91. The van der Waals surface area contributed by atoms with E-state index in [2.05, 4.69) is 10.0 Å². The van der Waals surface area contributed by atoms with Gasteiger partial charge in [0, 0.05) is 16.8 Å². The number of benzene rings is 3. The first-order valence-corrected chi connectivity index (χ1v) is 15.8. The van der Waals surface area contributed by atoms with Crippen LogP contribution in [0.2, 0.25) is 0 Å². The number of aliphatic hydroxyl groups is 2. The minimum Gasteiger partial charge on any atom is -0.485 e. The molecule has 0 fully saturated rings. The molecule has 214 valence electrons. The van der Waals surface area contributed by atoms with Crippen molar-refractivity contribution in [2.75, 3.05) is 17.7 Å². The van der Waals surface area contributed by atoms with Crippen molar-refractivity contribution in [3.05, 3.63) is 83.4 Å². The number of hydrogen-bond acceptors (Lipinski definition) is 8. The van der Waals surface area contributed by atoms with Gasteiger partial charge in [0.1, 0.15) is 17.5 Å². The van der Waals surface area contributed by atoms with Gasteiger partial charge in [-0.2, -0.15) is 0 Å². The van der Waals surface area contributed by atoms with E-state index in [0.717, 1.165) is 12.0 Å². The van der Waals surface area contributed by atoms with Crippen LogP contribution in [0.3, 0.4) is 0 Å². The Hall–Kier alpha value is -3.29. The highest BCUT2D eigenvalue weighted by molar-refractivity contribution is 7.91. The van der Waals surface area contributed by atoms with Crippen LogP contribution in [0.25, 0.3) is 0 Å². The summed E-state index contributed by atoms with van der Waals surface area (Å²) in [6.07, 6.45) is -0.543. The maximum atomic E-state index is 13.3. The molecular formula is C28H32N2O8S2. The molecule has 40 heavy (non-hydrogen) atoms. The Morgan fingerprint density at radius 1 is 0.975 bits per heavy atom. The predicted molar refractivity (Wildman–Crippen MR) is 150 cm³/mol. The second kappa shape index (κ2) is 11.3. The molecule has 0 saturated carbocycles. The maximum absolute atomic E-state index is 13.3. The summed E-state index contributed by atoms with van der Waals surface area (Å²) in [5.41, 5.74) is 0.453. The van der Waals surface area contributed by atoms with Crippen LogP contribution in [-0.2, 0) is 26.3 Å². The molecule has 1 aliphatic heterocycles. The van der Waals surface area contributed by atoms with Crippen LogP contribution in [0.4, 0.5) is 5.69 Å². The smallest absolute Gasteiger partial charge is 0.255 e. The van der Waals surface area contributed by atoms with Crippen molar-refractivity contribution in [2.45, 2.75) is 54.7 Å². The molecule has 2 atom stereocenters. The van der Waals surface area contributed by atoms with Gasteiger partial charge in [-0.15, -0.1) is 0 Å². The van der Waals surface area contributed by atoms with Crippen molar-refractivity contribution in [1.82, 2.24) is 4.72 Å². The standard InChI is InChI=1S/C28H32N2O8S2/c1-4-18-8-11-21(12-9-18)40(36,37)30-25-23-16-19(10-13-24(23)38-28(2,3)26(25)32)27(33)29-20-6-5-7-22(17-20)39(34,35)15-14-31/h5-13,16-17,25-26,30-32H,4,14-15H2,1-3H3,(H,29,33)/t25-,26+/m1/s1. The summed E-state index contributed by atoms with van der Waals surface area (Å²) in [7, 11) is -7.78. The summed E-state index contributed by atoms with van der Waals surface area (Å²) in [5, 5.41) is 22.8. The number of anilines is 1. The minimum absolute atomic E-state index is 0.0349. The van der Waals surface area contributed by atoms with E-state index in [4.69, 9.17) is 9.84 Å². The summed E-state index contributed by atoms with van der Waals surface area (Å²) in [6, 6.07) is 15.4. The van der Waals surface area contributed by atoms with E-state index in [1.54, 1.807) is 26.0 Å². The van der Waals surface area contributed by atoms with Gasteiger partial charge >= 0.3 is 0 Å². The number of carbonyl (C=O) groups is 1. The molecule has 0 saturated heterocycles. The van der Waals surface area contributed by atoms with Crippen LogP contribution in [0.5, 0.6) is 5.75 Å². The lowest BCUT2D eigenvalue weighted by Gasteiger charge is -2.42. The Bertz CT molecular complexity index is 1620. The molecular weight excluding hydrogens is 556 g/mol. The van der Waals surface area contributed by atoms with Gasteiger partial charge in [-0.25, -0.2) is 21.6 Å². The monoisotopic (exact) mass is 588 g/mol. The van der Waals surface area contributed by atoms with Gasteiger partial charge in [0.25, 0.3) is 5.91 Å². The fourth-order valence-corrected chi connectivity index (χ4v) is 6.71. The Labute approximate surface area is 234 Å². The molecule has 4 rings (SSSR count). The number of rotatable bonds is 9. The number of nitrogens with one attached hydrogen (secondary N) is 2. The minimum atomic E-state index is -4.06. The van der Waals surface area contributed by atoms with Gasteiger partial charge in [0.15, 0.2) is 9.84 Å². The van der Waals surface area contributed by atoms with Crippen molar-refractivity contribution in [2.24, 2.45) is 0 Å². The van der Waals surface area contributed by atoms with Crippen molar-refractivity contribution < 1.29 is 36.6 Å². The van der Waals surface area contributed by atoms with E-state index in [1.165, 1.54) is 54.6 Å². The van der Waals surface area contributed by atoms with Crippen LogP contribution in [0.15, 0.2) is 76.5 Å². The number of aryl methyl sites for hydroxylation is 1.